The lowest BCUT2D eigenvalue weighted by atomic mass is 10.3. The minimum Gasteiger partial charge on any atom is -0.481 e. The van der Waals surface area contributed by atoms with Crippen LogP contribution in [0.5, 0.6) is 5.75 Å². The standard InChI is InChI=1S/C12H11ClN2O3/c1-8(12(16)14-11-5-6-17-15-11)18-10-4-2-3-9(13)7-10/h2-8H,1H3,(H,14,15,16)/t8-/m0/s1. The van der Waals surface area contributed by atoms with Crippen molar-refractivity contribution >= 4 is 23.3 Å². The van der Waals surface area contributed by atoms with Crippen LogP contribution in [0, 0.1) is 0 Å². The van der Waals surface area contributed by atoms with E-state index in [1.165, 1.54) is 6.26 Å². The van der Waals surface area contributed by atoms with E-state index in [4.69, 9.17) is 16.3 Å². The average molecular weight is 267 g/mol. The second kappa shape index (κ2) is 5.55. The van der Waals surface area contributed by atoms with E-state index in [0.717, 1.165) is 0 Å². The van der Waals surface area contributed by atoms with Crippen molar-refractivity contribution in [1.82, 2.24) is 5.16 Å². The summed E-state index contributed by atoms with van der Waals surface area (Å²) < 4.78 is 10.1. The van der Waals surface area contributed by atoms with E-state index >= 15 is 0 Å². The van der Waals surface area contributed by atoms with Gasteiger partial charge in [0, 0.05) is 11.1 Å². The second-order valence-electron chi connectivity index (χ2n) is 3.59. The van der Waals surface area contributed by atoms with Gasteiger partial charge in [-0.2, -0.15) is 0 Å². The molecule has 2 aromatic rings. The van der Waals surface area contributed by atoms with Gasteiger partial charge in [0.05, 0.1) is 0 Å². The molecule has 1 atom stereocenters. The van der Waals surface area contributed by atoms with Crippen LogP contribution in [0.3, 0.4) is 0 Å². The van der Waals surface area contributed by atoms with Gasteiger partial charge in [-0.15, -0.1) is 0 Å². The first-order valence-corrected chi connectivity index (χ1v) is 5.66. The number of amides is 1. The highest BCUT2D eigenvalue weighted by molar-refractivity contribution is 6.30. The quantitative estimate of drug-likeness (QED) is 0.924. The average Bonchev–Trinajstić information content (AvgIpc) is 2.81. The van der Waals surface area contributed by atoms with E-state index in [9.17, 15) is 4.79 Å². The first kappa shape index (κ1) is 12.4. The number of nitrogens with zero attached hydrogens (tertiary/aromatic N) is 1. The number of rotatable bonds is 4. The molecule has 6 heteroatoms. The fraction of sp³-hybridized carbons (Fsp3) is 0.167. The lowest BCUT2D eigenvalue weighted by Crippen LogP contribution is -2.30. The number of anilines is 1. The van der Waals surface area contributed by atoms with Crippen LogP contribution in [0.15, 0.2) is 41.1 Å². The third-order valence-corrected chi connectivity index (χ3v) is 2.40. The van der Waals surface area contributed by atoms with Crippen LogP contribution >= 0.6 is 11.6 Å². The van der Waals surface area contributed by atoms with E-state index in [1.807, 2.05) is 0 Å². The fourth-order valence-electron chi connectivity index (χ4n) is 1.30. The summed E-state index contributed by atoms with van der Waals surface area (Å²) in [5, 5.41) is 6.68. The largest absolute Gasteiger partial charge is 0.481 e. The van der Waals surface area contributed by atoms with Crippen LogP contribution in [0.2, 0.25) is 5.02 Å². The maximum absolute atomic E-state index is 11.7. The number of aromatic nitrogens is 1. The highest BCUT2D eigenvalue weighted by Gasteiger charge is 2.15. The molecule has 0 radical (unpaired) electrons. The van der Waals surface area contributed by atoms with Gasteiger partial charge in [0.25, 0.3) is 5.91 Å². The summed E-state index contributed by atoms with van der Waals surface area (Å²) in [6.45, 7) is 1.64. The topological polar surface area (TPSA) is 64.4 Å². The molecule has 0 bridgehead atoms. The molecule has 94 valence electrons. The van der Waals surface area contributed by atoms with E-state index in [1.54, 1.807) is 37.3 Å². The molecule has 1 heterocycles. The Labute approximate surface area is 109 Å². The third-order valence-electron chi connectivity index (χ3n) is 2.17. The number of nitrogens with one attached hydrogen (secondary N) is 1. The van der Waals surface area contributed by atoms with Crippen LogP contribution in [0.1, 0.15) is 6.92 Å². The molecule has 1 N–H and O–H groups in total. The monoisotopic (exact) mass is 266 g/mol. The molecule has 1 aromatic carbocycles. The molecule has 0 fully saturated rings. The predicted molar refractivity (Wildman–Crippen MR) is 66.7 cm³/mol. The molecule has 1 aromatic heterocycles. The van der Waals surface area contributed by atoms with Gasteiger partial charge in [0.1, 0.15) is 12.0 Å². The lowest BCUT2D eigenvalue weighted by Gasteiger charge is -2.13. The Balaban J connectivity index is 1.95. The van der Waals surface area contributed by atoms with Gasteiger partial charge in [0.15, 0.2) is 11.9 Å². The molecule has 1 amide bonds. The van der Waals surface area contributed by atoms with E-state index in [-0.39, 0.29) is 5.91 Å². The summed E-state index contributed by atoms with van der Waals surface area (Å²) in [4.78, 5) is 11.7. The minimum atomic E-state index is -0.667. The molecule has 0 aliphatic rings. The second-order valence-corrected chi connectivity index (χ2v) is 4.03. The van der Waals surface area contributed by atoms with Gasteiger partial charge in [-0.3, -0.25) is 4.79 Å². The van der Waals surface area contributed by atoms with Crippen LogP contribution in [-0.2, 0) is 4.79 Å². The molecule has 18 heavy (non-hydrogen) atoms. The van der Waals surface area contributed by atoms with Crippen LogP contribution in [-0.4, -0.2) is 17.2 Å². The first-order valence-electron chi connectivity index (χ1n) is 5.28. The number of hydrogen-bond acceptors (Lipinski definition) is 4. The van der Waals surface area contributed by atoms with Crippen molar-refractivity contribution in [3.05, 3.63) is 41.6 Å². The van der Waals surface area contributed by atoms with Gasteiger partial charge >= 0.3 is 0 Å². The molecule has 2 rings (SSSR count). The van der Waals surface area contributed by atoms with Gasteiger partial charge in [-0.1, -0.05) is 22.8 Å². The summed E-state index contributed by atoms with van der Waals surface area (Å²) in [7, 11) is 0. The molecule has 0 saturated heterocycles. The van der Waals surface area contributed by atoms with Crippen LogP contribution in [0.4, 0.5) is 5.82 Å². The van der Waals surface area contributed by atoms with Crippen molar-refractivity contribution in [2.45, 2.75) is 13.0 Å². The zero-order valence-corrected chi connectivity index (χ0v) is 10.3. The van der Waals surface area contributed by atoms with E-state index < -0.39 is 6.10 Å². The SMILES string of the molecule is C[C@H](Oc1cccc(Cl)c1)C(=O)Nc1ccon1. The van der Waals surface area contributed by atoms with Crippen molar-refractivity contribution in [2.75, 3.05) is 5.32 Å². The molecular formula is C12H11ClN2O3. The van der Waals surface area contributed by atoms with Gasteiger partial charge in [-0.05, 0) is 25.1 Å². The number of ether oxygens (including phenoxy) is 1. The van der Waals surface area contributed by atoms with Gasteiger partial charge < -0.3 is 14.6 Å². The smallest absolute Gasteiger partial charge is 0.266 e. The van der Waals surface area contributed by atoms with E-state index in [0.29, 0.717) is 16.6 Å². The molecule has 5 nitrogen and oxygen atoms in total. The summed E-state index contributed by atoms with van der Waals surface area (Å²) >= 11 is 5.82. The number of benzene rings is 1. The third kappa shape index (κ3) is 3.24. The lowest BCUT2D eigenvalue weighted by molar-refractivity contribution is -0.122. The van der Waals surface area contributed by atoms with Crippen molar-refractivity contribution in [3.63, 3.8) is 0 Å². The Morgan fingerprint density at radius 2 is 2.33 bits per heavy atom. The predicted octanol–water partition coefficient (Wildman–Crippen LogP) is 2.73. The maximum atomic E-state index is 11.7. The van der Waals surface area contributed by atoms with Crippen molar-refractivity contribution in [1.29, 1.82) is 0 Å². The molecule has 0 saturated carbocycles. The zero-order chi connectivity index (χ0) is 13.0. The van der Waals surface area contributed by atoms with Crippen molar-refractivity contribution in [3.8, 4) is 5.75 Å². The maximum Gasteiger partial charge on any atom is 0.266 e. The zero-order valence-electron chi connectivity index (χ0n) is 9.59. The Bertz CT molecular complexity index is 528. The van der Waals surface area contributed by atoms with Crippen molar-refractivity contribution in [2.24, 2.45) is 0 Å². The molecule has 0 spiro atoms. The molecular weight excluding hydrogens is 256 g/mol. The summed E-state index contributed by atoms with van der Waals surface area (Å²) in [5.41, 5.74) is 0. The normalized spacial score (nSPS) is 11.9. The Morgan fingerprint density at radius 1 is 1.50 bits per heavy atom. The summed E-state index contributed by atoms with van der Waals surface area (Å²) in [6, 6.07) is 8.39. The highest BCUT2D eigenvalue weighted by Crippen LogP contribution is 2.18. The Kier molecular flexibility index (Phi) is 3.84. The number of carbonyl (C=O) groups excluding carboxylic acids is 1. The van der Waals surface area contributed by atoms with Crippen molar-refractivity contribution < 1.29 is 14.1 Å². The Morgan fingerprint density at radius 3 is 3.00 bits per heavy atom. The number of carbonyl (C=O) groups is 1. The Hall–Kier alpha value is -2.01. The first-order chi connectivity index (χ1) is 8.65. The number of hydrogen-bond donors (Lipinski definition) is 1. The fourth-order valence-corrected chi connectivity index (χ4v) is 1.48. The summed E-state index contributed by atoms with van der Waals surface area (Å²) in [6.07, 6.45) is 0.707. The van der Waals surface area contributed by atoms with E-state index in [2.05, 4.69) is 15.0 Å². The molecule has 0 aliphatic heterocycles. The minimum absolute atomic E-state index is 0.316. The highest BCUT2D eigenvalue weighted by atomic mass is 35.5. The van der Waals surface area contributed by atoms with Gasteiger partial charge in [-0.25, -0.2) is 0 Å². The molecule has 0 unspecified atom stereocenters. The summed E-state index contributed by atoms with van der Waals surface area (Å²) in [5.74, 6) is 0.565. The molecule has 0 aliphatic carbocycles. The van der Waals surface area contributed by atoms with Crippen LogP contribution < -0.4 is 10.1 Å². The number of halogens is 1. The van der Waals surface area contributed by atoms with Crippen LogP contribution in [0.25, 0.3) is 0 Å². The van der Waals surface area contributed by atoms with Gasteiger partial charge in [0.2, 0.25) is 0 Å².